The number of carbonyl (C=O) groups excluding carboxylic acids is 1. The lowest BCUT2D eigenvalue weighted by molar-refractivity contribution is 0.0102. The zero-order chi connectivity index (χ0) is 12.3. The molecule has 5 nitrogen and oxygen atoms in total. The van der Waals surface area contributed by atoms with E-state index in [1.165, 1.54) is 4.90 Å². The van der Waals surface area contributed by atoms with E-state index in [-0.39, 0.29) is 25.6 Å². The highest BCUT2D eigenvalue weighted by Crippen LogP contribution is 2.23. The van der Waals surface area contributed by atoms with Gasteiger partial charge in [0.05, 0.1) is 19.2 Å². The highest BCUT2D eigenvalue weighted by Gasteiger charge is 2.37. The van der Waals surface area contributed by atoms with Crippen LogP contribution in [0.5, 0.6) is 0 Å². The molecule has 1 aliphatic heterocycles. The van der Waals surface area contributed by atoms with Crippen LogP contribution in [0.4, 0.5) is 9.18 Å². The molecule has 0 radical (unpaired) electrons. The highest BCUT2D eigenvalue weighted by atomic mass is 19.1. The molecule has 1 saturated heterocycles. The molecule has 0 aromatic carbocycles. The number of carbonyl (C=O) groups is 1. The van der Waals surface area contributed by atoms with Crippen LogP contribution in [0.25, 0.3) is 0 Å². The lowest BCUT2D eigenvalue weighted by Crippen LogP contribution is -2.42. The van der Waals surface area contributed by atoms with Gasteiger partial charge in [-0.15, -0.1) is 0 Å². The van der Waals surface area contributed by atoms with Gasteiger partial charge in [-0.05, 0) is 20.8 Å². The Morgan fingerprint density at radius 2 is 2.19 bits per heavy atom. The molecule has 16 heavy (non-hydrogen) atoms. The number of rotatable bonds is 2. The van der Waals surface area contributed by atoms with E-state index in [9.17, 15) is 9.18 Å². The number of ether oxygens (including phenoxy) is 1. The number of likely N-dealkylation sites (tertiary alicyclic amines) is 1. The van der Waals surface area contributed by atoms with Gasteiger partial charge in [-0.1, -0.05) is 0 Å². The fraction of sp³-hybridized carbons (Fsp3) is 0.900. The van der Waals surface area contributed by atoms with Crippen molar-refractivity contribution in [2.45, 2.75) is 45.0 Å². The van der Waals surface area contributed by atoms with Gasteiger partial charge in [-0.25, -0.2) is 15.1 Å². The smallest absolute Gasteiger partial charge is 0.410 e. The lowest BCUT2D eigenvalue weighted by atomic mass is 10.2. The monoisotopic (exact) mass is 234 g/mol. The summed E-state index contributed by atoms with van der Waals surface area (Å²) in [6.45, 7) is 5.47. The zero-order valence-electron chi connectivity index (χ0n) is 9.90. The minimum absolute atomic E-state index is 0.0446. The predicted molar refractivity (Wildman–Crippen MR) is 56.4 cm³/mol. The fourth-order valence-corrected chi connectivity index (χ4v) is 1.67. The molecular weight excluding hydrogens is 215 g/mol. The third-order valence-corrected chi connectivity index (χ3v) is 2.28. The maximum absolute atomic E-state index is 13.2. The van der Waals surface area contributed by atoms with E-state index in [2.05, 4.69) is 4.84 Å². The van der Waals surface area contributed by atoms with Crippen LogP contribution in [-0.2, 0) is 9.57 Å². The summed E-state index contributed by atoms with van der Waals surface area (Å²) in [6, 6.07) is -0.338. The van der Waals surface area contributed by atoms with Crippen molar-refractivity contribution in [1.82, 2.24) is 4.90 Å². The number of hydrogen-bond acceptors (Lipinski definition) is 4. The average molecular weight is 234 g/mol. The Balaban J connectivity index is 2.59. The van der Waals surface area contributed by atoms with Gasteiger partial charge in [0.2, 0.25) is 0 Å². The van der Waals surface area contributed by atoms with Crippen molar-refractivity contribution in [1.29, 1.82) is 0 Å². The third kappa shape index (κ3) is 3.61. The summed E-state index contributed by atoms with van der Waals surface area (Å²) in [5.41, 5.74) is -0.584. The summed E-state index contributed by atoms with van der Waals surface area (Å²) in [6.07, 6.45) is -1.31. The van der Waals surface area contributed by atoms with Crippen LogP contribution in [0.2, 0.25) is 0 Å². The van der Waals surface area contributed by atoms with Crippen molar-refractivity contribution in [2.75, 3.05) is 13.2 Å². The van der Waals surface area contributed by atoms with Crippen LogP contribution in [0, 0.1) is 0 Å². The van der Waals surface area contributed by atoms with E-state index < -0.39 is 17.9 Å². The maximum atomic E-state index is 13.2. The molecule has 0 aromatic heterocycles. The molecule has 0 aromatic rings. The van der Waals surface area contributed by atoms with Crippen LogP contribution < -0.4 is 5.90 Å². The Morgan fingerprint density at radius 3 is 2.69 bits per heavy atom. The molecule has 2 N–H and O–H groups in total. The van der Waals surface area contributed by atoms with Crippen molar-refractivity contribution < 1.29 is 18.8 Å². The Labute approximate surface area is 94.6 Å². The van der Waals surface area contributed by atoms with E-state index in [1.807, 2.05) is 0 Å². The molecular formula is C10H19FN2O3. The van der Waals surface area contributed by atoms with E-state index in [0.717, 1.165) is 0 Å². The zero-order valence-corrected chi connectivity index (χ0v) is 9.90. The van der Waals surface area contributed by atoms with Gasteiger partial charge in [-0.3, -0.25) is 4.90 Å². The number of nitrogens with zero attached hydrogens (tertiary/aromatic N) is 1. The molecule has 94 valence electrons. The van der Waals surface area contributed by atoms with Crippen molar-refractivity contribution in [3.05, 3.63) is 0 Å². The number of amides is 1. The largest absolute Gasteiger partial charge is 0.444 e. The molecule has 0 bridgehead atoms. The van der Waals surface area contributed by atoms with Gasteiger partial charge in [0.25, 0.3) is 0 Å². The van der Waals surface area contributed by atoms with Gasteiger partial charge in [0.1, 0.15) is 11.8 Å². The van der Waals surface area contributed by atoms with Crippen molar-refractivity contribution in [3.8, 4) is 0 Å². The van der Waals surface area contributed by atoms with Gasteiger partial charge in [0.15, 0.2) is 0 Å². The molecule has 0 saturated carbocycles. The van der Waals surface area contributed by atoms with Gasteiger partial charge in [0, 0.05) is 6.42 Å². The van der Waals surface area contributed by atoms with Crippen molar-refractivity contribution in [2.24, 2.45) is 5.90 Å². The highest BCUT2D eigenvalue weighted by molar-refractivity contribution is 5.69. The molecule has 1 aliphatic rings. The first-order valence-electron chi connectivity index (χ1n) is 5.29. The Morgan fingerprint density at radius 1 is 1.56 bits per heavy atom. The first-order chi connectivity index (χ1) is 7.33. The van der Waals surface area contributed by atoms with E-state index >= 15 is 0 Å². The number of hydrogen-bond donors (Lipinski definition) is 1. The third-order valence-electron chi connectivity index (χ3n) is 2.28. The Hall–Kier alpha value is -0.880. The second-order valence-electron chi connectivity index (χ2n) is 4.95. The second kappa shape index (κ2) is 4.97. The minimum Gasteiger partial charge on any atom is -0.444 e. The molecule has 6 heteroatoms. The number of nitrogens with two attached hydrogens (primary N) is 1. The summed E-state index contributed by atoms with van der Waals surface area (Å²) in [7, 11) is 0. The molecule has 0 spiro atoms. The number of alkyl halides is 1. The summed E-state index contributed by atoms with van der Waals surface area (Å²) in [5, 5.41) is 0. The van der Waals surface area contributed by atoms with Crippen LogP contribution in [0.15, 0.2) is 0 Å². The SMILES string of the molecule is CC(C)(C)OC(=O)N1CC(F)CC1CON. The predicted octanol–water partition coefficient (Wildman–Crippen LogP) is 1.22. The fourth-order valence-electron chi connectivity index (χ4n) is 1.67. The second-order valence-corrected chi connectivity index (χ2v) is 4.95. The van der Waals surface area contributed by atoms with E-state index in [1.54, 1.807) is 20.8 Å². The van der Waals surface area contributed by atoms with Crippen molar-refractivity contribution >= 4 is 6.09 Å². The lowest BCUT2D eigenvalue weighted by Gasteiger charge is -2.27. The maximum Gasteiger partial charge on any atom is 0.410 e. The first-order valence-corrected chi connectivity index (χ1v) is 5.29. The molecule has 2 unspecified atom stereocenters. The molecule has 1 amide bonds. The summed E-state index contributed by atoms with van der Waals surface area (Å²) >= 11 is 0. The minimum atomic E-state index is -1.03. The van der Waals surface area contributed by atoms with Crippen LogP contribution >= 0.6 is 0 Å². The Bertz CT molecular complexity index is 255. The number of halogens is 1. The quantitative estimate of drug-likeness (QED) is 0.730. The van der Waals surface area contributed by atoms with Crippen LogP contribution in [-0.4, -0.2) is 42.0 Å². The summed E-state index contributed by atoms with van der Waals surface area (Å²) < 4.78 is 18.4. The van der Waals surface area contributed by atoms with Gasteiger partial charge < -0.3 is 9.57 Å². The Kier molecular flexibility index (Phi) is 4.09. The molecule has 2 atom stereocenters. The first kappa shape index (κ1) is 13.2. The normalized spacial score (nSPS) is 25.9. The molecule has 1 heterocycles. The molecule has 1 fully saturated rings. The standard InChI is InChI=1S/C10H19FN2O3/c1-10(2,3)16-9(14)13-5-7(11)4-8(13)6-15-12/h7-8H,4-6,12H2,1-3H3. The van der Waals surface area contributed by atoms with Gasteiger partial charge >= 0.3 is 6.09 Å². The van der Waals surface area contributed by atoms with Gasteiger partial charge in [-0.2, -0.15) is 0 Å². The topological polar surface area (TPSA) is 64.8 Å². The van der Waals surface area contributed by atoms with Crippen LogP contribution in [0.3, 0.4) is 0 Å². The molecule has 0 aliphatic carbocycles. The summed E-state index contributed by atoms with van der Waals surface area (Å²) in [4.78, 5) is 17.5. The van der Waals surface area contributed by atoms with Crippen LogP contribution in [0.1, 0.15) is 27.2 Å². The van der Waals surface area contributed by atoms with E-state index in [0.29, 0.717) is 0 Å². The summed E-state index contributed by atoms with van der Waals surface area (Å²) in [5.74, 6) is 4.94. The molecule has 1 rings (SSSR count). The van der Waals surface area contributed by atoms with E-state index in [4.69, 9.17) is 10.6 Å². The average Bonchev–Trinajstić information content (AvgIpc) is 2.44. The van der Waals surface area contributed by atoms with Crippen molar-refractivity contribution in [3.63, 3.8) is 0 Å².